The molecule has 0 aromatic rings. The molecule has 3 heterocycles. The molecule has 3 fully saturated rings. The summed E-state index contributed by atoms with van der Waals surface area (Å²) >= 11 is 0. The fraction of sp³-hybridized carbons (Fsp3) is 0.691. The Kier molecular flexibility index (Phi) is 43.6. The summed E-state index contributed by atoms with van der Waals surface area (Å²) < 4.78 is 34.2. The average Bonchev–Trinajstić information content (AvgIpc) is 1.69. The molecule has 19 nitrogen and oxygen atoms in total. The molecule has 12 N–H and O–H groups in total. The van der Waals surface area contributed by atoms with Crippen molar-refractivity contribution in [1.29, 1.82) is 0 Å². The number of carbonyl (C=O) groups is 1. The van der Waals surface area contributed by atoms with Gasteiger partial charge in [-0.1, -0.05) is 187 Å². The highest BCUT2D eigenvalue weighted by Crippen LogP contribution is 2.33. The highest BCUT2D eigenvalue weighted by atomic mass is 16.8. The van der Waals surface area contributed by atoms with Gasteiger partial charge in [-0.25, -0.2) is 0 Å². The Morgan fingerprint density at radius 3 is 1.29 bits per heavy atom. The SMILES string of the molecule is CC/C=C\C/C=C\C/C=C\C/C=C\C/C=C\C/C=C\C/C=C\C/C=C\CCCCCCC(=O)NC(COC1OC(CO)C(OC2OC(CO)C(OC3OC(CO)C(O)C(O)C3O)C(O)C2O)C(O)C1O)C(O)/C=C/CC/C=C/CCCCCCCCC. The van der Waals surface area contributed by atoms with Crippen molar-refractivity contribution in [2.24, 2.45) is 0 Å². The highest BCUT2D eigenvalue weighted by molar-refractivity contribution is 5.76. The van der Waals surface area contributed by atoms with Gasteiger partial charge in [-0.2, -0.15) is 0 Å². The van der Waals surface area contributed by atoms with Crippen LogP contribution in [0.4, 0.5) is 0 Å². The minimum Gasteiger partial charge on any atom is -0.394 e. The first kappa shape index (κ1) is 77.4. The molecule has 19 heteroatoms. The molecule has 3 aliphatic heterocycles. The molecular weight excluding hydrogens is 1120 g/mol. The van der Waals surface area contributed by atoms with Crippen LogP contribution in [0.3, 0.4) is 0 Å². The Morgan fingerprint density at radius 2 is 0.805 bits per heavy atom. The minimum absolute atomic E-state index is 0.197. The number of amides is 1. The molecule has 0 bridgehead atoms. The van der Waals surface area contributed by atoms with E-state index < -0.39 is 124 Å². The number of hydrogen-bond donors (Lipinski definition) is 12. The Balaban J connectivity index is 1.45. The first-order valence-electron chi connectivity index (χ1n) is 32.3. The van der Waals surface area contributed by atoms with Gasteiger partial charge in [-0.05, 0) is 96.3 Å². The Bertz CT molecular complexity index is 2050. The van der Waals surface area contributed by atoms with E-state index >= 15 is 0 Å². The van der Waals surface area contributed by atoms with E-state index in [0.29, 0.717) is 12.8 Å². The van der Waals surface area contributed by atoms with Crippen LogP contribution in [0.15, 0.2) is 122 Å². The fourth-order valence-electron chi connectivity index (χ4n) is 9.98. The molecule has 17 atom stereocenters. The van der Waals surface area contributed by atoms with Crippen LogP contribution in [-0.4, -0.2) is 193 Å². The van der Waals surface area contributed by atoms with Crippen LogP contribution in [0.2, 0.25) is 0 Å². The summed E-state index contributed by atoms with van der Waals surface area (Å²) in [7, 11) is 0. The van der Waals surface area contributed by atoms with Crippen LogP contribution >= 0.6 is 0 Å². The van der Waals surface area contributed by atoms with E-state index in [-0.39, 0.29) is 18.9 Å². The minimum atomic E-state index is -1.99. The molecule has 3 aliphatic rings. The topological polar surface area (TPSA) is 307 Å². The van der Waals surface area contributed by atoms with Crippen molar-refractivity contribution in [2.75, 3.05) is 26.4 Å². The van der Waals surface area contributed by atoms with Gasteiger partial charge < -0.3 is 89.9 Å². The average molecular weight is 1230 g/mol. The van der Waals surface area contributed by atoms with Crippen molar-refractivity contribution in [1.82, 2.24) is 5.32 Å². The number of unbranched alkanes of at least 4 members (excludes halogenated alkanes) is 12. The number of aliphatic hydroxyl groups excluding tert-OH is 11. The van der Waals surface area contributed by atoms with Crippen molar-refractivity contribution in [3.63, 3.8) is 0 Å². The van der Waals surface area contributed by atoms with Gasteiger partial charge in [0.2, 0.25) is 5.91 Å². The van der Waals surface area contributed by atoms with Crippen molar-refractivity contribution in [2.45, 2.75) is 272 Å². The van der Waals surface area contributed by atoms with Gasteiger partial charge in [0.25, 0.3) is 0 Å². The van der Waals surface area contributed by atoms with E-state index in [0.717, 1.165) is 96.3 Å². The largest absolute Gasteiger partial charge is 0.394 e. The van der Waals surface area contributed by atoms with Crippen LogP contribution in [0.1, 0.15) is 168 Å². The van der Waals surface area contributed by atoms with Gasteiger partial charge in [0, 0.05) is 6.42 Å². The molecule has 496 valence electrons. The zero-order chi connectivity index (χ0) is 63.3. The van der Waals surface area contributed by atoms with Crippen molar-refractivity contribution in [3.8, 4) is 0 Å². The van der Waals surface area contributed by atoms with E-state index in [1.165, 1.54) is 38.5 Å². The standard InChI is InChI=1S/C68H111NO18/c1-3-5-7-9-11-13-15-17-18-19-20-21-22-23-24-25-26-27-28-29-30-31-32-34-36-38-40-42-44-46-56(74)69-51(52(73)45-43-41-39-37-35-33-16-14-12-10-8-6-4-2)50-82-66-62(80)59(77)64(54(48-71)84-66)87-68-63(81)60(78)65(55(49-72)85-68)86-67-61(79)58(76)57(75)53(47-70)83-67/h5,7,11,13,17-18,20-21,23-24,26-27,29-30,32,34-35,37,43,45,51-55,57-68,70-73,75-81H,3-4,6,8-10,12,14-16,19,22,25,28,31,33,36,38-42,44,46-50H2,1-2H3,(H,69,74)/b7-5-,13-11-,18-17-,21-20-,24-23-,27-26-,30-29-,34-32-,37-35+,45-43+. The molecule has 87 heavy (non-hydrogen) atoms. The number of ether oxygens (including phenoxy) is 6. The maximum Gasteiger partial charge on any atom is 0.220 e. The monoisotopic (exact) mass is 1230 g/mol. The smallest absolute Gasteiger partial charge is 0.220 e. The summed E-state index contributed by atoms with van der Waals surface area (Å²) in [6, 6.07) is -1.01. The van der Waals surface area contributed by atoms with Crippen LogP contribution in [0.25, 0.3) is 0 Å². The van der Waals surface area contributed by atoms with Gasteiger partial charge in [0.1, 0.15) is 73.2 Å². The molecule has 0 aliphatic carbocycles. The lowest BCUT2D eigenvalue weighted by Gasteiger charge is -2.48. The second-order valence-corrected chi connectivity index (χ2v) is 22.5. The van der Waals surface area contributed by atoms with Crippen molar-refractivity contribution in [3.05, 3.63) is 122 Å². The summed E-state index contributed by atoms with van der Waals surface area (Å²) in [5.74, 6) is -0.317. The van der Waals surface area contributed by atoms with Gasteiger partial charge in [0.05, 0.1) is 38.6 Å². The summed E-state index contributed by atoms with van der Waals surface area (Å²) in [6.07, 6.45) is 38.9. The second-order valence-electron chi connectivity index (χ2n) is 22.5. The van der Waals surface area contributed by atoms with Gasteiger partial charge >= 0.3 is 0 Å². The zero-order valence-corrected chi connectivity index (χ0v) is 51.9. The number of rotatable bonds is 46. The zero-order valence-electron chi connectivity index (χ0n) is 51.9. The Hall–Kier alpha value is -3.81. The van der Waals surface area contributed by atoms with Gasteiger partial charge in [0.15, 0.2) is 18.9 Å². The van der Waals surface area contributed by atoms with E-state index in [9.17, 15) is 61.0 Å². The normalized spacial score (nSPS) is 29.4. The molecule has 0 saturated carbocycles. The van der Waals surface area contributed by atoms with Gasteiger partial charge in [-0.15, -0.1) is 0 Å². The predicted molar refractivity (Wildman–Crippen MR) is 336 cm³/mol. The first-order valence-corrected chi connectivity index (χ1v) is 32.3. The molecule has 1 amide bonds. The molecule has 0 spiro atoms. The van der Waals surface area contributed by atoms with E-state index in [1.807, 2.05) is 6.08 Å². The lowest BCUT2D eigenvalue weighted by Crippen LogP contribution is -2.66. The third-order valence-electron chi connectivity index (χ3n) is 15.2. The summed E-state index contributed by atoms with van der Waals surface area (Å²) in [6.45, 7) is 1.52. The molecular formula is C68H111NO18. The van der Waals surface area contributed by atoms with Crippen LogP contribution < -0.4 is 5.32 Å². The third-order valence-corrected chi connectivity index (χ3v) is 15.2. The summed E-state index contributed by atoms with van der Waals surface area (Å²) in [5.41, 5.74) is 0. The second kappa shape index (κ2) is 49.0. The lowest BCUT2D eigenvalue weighted by atomic mass is 9.96. The number of aliphatic hydroxyl groups is 11. The molecule has 3 rings (SSSR count). The number of nitrogens with one attached hydrogen (secondary N) is 1. The molecule has 3 saturated heterocycles. The Labute approximate surface area is 518 Å². The van der Waals surface area contributed by atoms with E-state index in [2.05, 4.69) is 129 Å². The van der Waals surface area contributed by atoms with Crippen LogP contribution in [0.5, 0.6) is 0 Å². The Morgan fingerprint density at radius 1 is 0.425 bits per heavy atom. The maximum atomic E-state index is 13.3. The molecule has 0 radical (unpaired) electrons. The molecule has 17 unspecified atom stereocenters. The van der Waals surface area contributed by atoms with E-state index in [4.69, 9.17) is 28.4 Å². The van der Waals surface area contributed by atoms with Crippen LogP contribution in [-0.2, 0) is 33.2 Å². The highest BCUT2D eigenvalue weighted by Gasteiger charge is 2.53. The van der Waals surface area contributed by atoms with Crippen LogP contribution in [0, 0.1) is 0 Å². The molecule has 0 aromatic carbocycles. The van der Waals surface area contributed by atoms with Gasteiger partial charge in [-0.3, -0.25) is 4.79 Å². The van der Waals surface area contributed by atoms with Crippen molar-refractivity contribution < 1.29 is 89.4 Å². The third kappa shape index (κ3) is 31.7. The number of carbonyl (C=O) groups excluding carboxylic acids is 1. The summed E-state index contributed by atoms with van der Waals surface area (Å²) in [5, 5.41) is 120. The number of allylic oxidation sites excluding steroid dienone is 19. The number of hydrogen-bond acceptors (Lipinski definition) is 18. The quantitative estimate of drug-likeness (QED) is 0.0211. The van der Waals surface area contributed by atoms with Crippen molar-refractivity contribution >= 4 is 5.91 Å². The summed E-state index contributed by atoms with van der Waals surface area (Å²) in [4.78, 5) is 13.3. The fourth-order valence-corrected chi connectivity index (χ4v) is 9.98. The lowest BCUT2D eigenvalue weighted by molar-refractivity contribution is -0.379. The predicted octanol–water partition coefficient (Wildman–Crippen LogP) is 7.26. The maximum absolute atomic E-state index is 13.3. The molecule has 0 aromatic heterocycles. The first-order chi connectivity index (χ1) is 42.3. The van der Waals surface area contributed by atoms with E-state index in [1.54, 1.807) is 6.08 Å².